The summed E-state index contributed by atoms with van der Waals surface area (Å²) in [4.78, 5) is 16.6. The van der Waals surface area contributed by atoms with Crippen molar-refractivity contribution in [2.24, 2.45) is 0 Å². The van der Waals surface area contributed by atoms with Crippen LogP contribution in [0.5, 0.6) is 0 Å². The normalized spacial score (nSPS) is 12.0. The maximum Gasteiger partial charge on any atom is 0.251 e. The third-order valence-electron chi connectivity index (χ3n) is 3.59. The molecule has 0 aliphatic carbocycles. The molecular formula is C18H16ClN3O2. The van der Waals surface area contributed by atoms with Gasteiger partial charge in [-0.2, -0.15) is 4.98 Å². The number of carbonyl (C=O) groups is 1. The Bertz CT molecular complexity index is 859. The molecule has 0 radical (unpaired) electrons. The van der Waals surface area contributed by atoms with Crippen LogP contribution in [0.1, 0.15) is 34.8 Å². The van der Waals surface area contributed by atoms with Gasteiger partial charge in [0.1, 0.15) is 6.04 Å². The molecule has 0 fully saturated rings. The van der Waals surface area contributed by atoms with Gasteiger partial charge < -0.3 is 9.84 Å². The first-order valence-corrected chi connectivity index (χ1v) is 7.88. The SMILES string of the molecule is Cc1ccc(C(=O)N[C@@H](C)c2nc(-c3ccccc3Cl)no2)cc1. The Hall–Kier alpha value is -2.66. The van der Waals surface area contributed by atoms with Crippen molar-refractivity contribution < 1.29 is 9.32 Å². The van der Waals surface area contributed by atoms with E-state index in [9.17, 15) is 4.79 Å². The van der Waals surface area contributed by atoms with Crippen LogP contribution in [-0.2, 0) is 0 Å². The van der Waals surface area contributed by atoms with E-state index in [1.54, 1.807) is 25.1 Å². The van der Waals surface area contributed by atoms with Crippen molar-refractivity contribution in [2.75, 3.05) is 0 Å². The van der Waals surface area contributed by atoms with E-state index in [2.05, 4.69) is 15.5 Å². The maximum absolute atomic E-state index is 12.2. The Kier molecular flexibility index (Phi) is 4.62. The first-order valence-electron chi connectivity index (χ1n) is 7.50. The summed E-state index contributed by atoms with van der Waals surface area (Å²) in [5.74, 6) is 0.525. The minimum atomic E-state index is -0.414. The van der Waals surface area contributed by atoms with E-state index in [1.807, 2.05) is 37.3 Å². The molecule has 1 aromatic heterocycles. The van der Waals surface area contributed by atoms with Crippen molar-refractivity contribution in [2.45, 2.75) is 19.9 Å². The van der Waals surface area contributed by atoms with Gasteiger partial charge in [0.15, 0.2) is 0 Å². The van der Waals surface area contributed by atoms with Gasteiger partial charge in [0.05, 0.1) is 5.02 Å². The van der Waals surface area contributed by atoms with Crippen LogP contribution < -0.4 is 5.32 Å². The zero-order valence-corrected chi connectivity index (χ0v) is 14.0. The molecule has 1 heterocycles. The Labute approximate surface area is 144 Å². The molecule has 1 N–H and O–H groups in total. The number of aromatic nitrogens is 2. The Morgan fingerprint density at radius 3 is 2.58 bits per heavy atom. The summed E-state index contributed by atoms with van der Waals surface area (Å²) in [7, 11) is 0. The highest BCUT2D eigenvalue weighted by atomic mass is 35.5. The van der Waals surface area contributed by atoms with E-state index in [0.29, 0.717) is 27.9 Å². The van der Waals surface area contributed by atoms with Gasteiger partial charge in [-0.3, -0.25) is 4.79 Å². The number of aryl methyl sites for hydroxylation is 1. The van der Waals surface area contributed by atoms with Crippen molar-refractivity contribution in [3.05, 3.63) is 70.6 Å². The van der Waals surface area contributed by atoms with Gasteiger partial charge >= 0.3 is 0 Å². The van der Waals surface area contributed by atoms with Gasteiger partial charge in [0, 0.05) is 11.1 Å². The quantitative estimate of drug-likeness (QED) is 0.772. The average molecular weight is 342 g/mol. The number of carbonyl (C=O) groups excluding carboxylic acids is 1. The lowest BCUT2D eigenvalue weighted by atomic mass is 10.1. The number of amides is 1. The number of rotatable bonds is 4. The highest BCUT2D eigenvalue weighted by Gasteiger charge is 2.19. The molecular weight excluding hydrogens is 326 g/mol. The lowest BCUT2D eigenvalue weighted by Crippen LogP contribution is -2.26. The van der Waals surface area contributed by atoms with Crippen molar-refractivity contribution in [3.63, 3.8) is 0 Å². The predicted molar refractivity (Wildman–Crippen MR) is 91.8 cm³/mol. The minimum Gasteiger partial charge on any atom is -0.341 e. The third-order valence-corrected chi connectivity index (χ3v) is 3.92. The van der Waals surface area contributed by atoms with Crippen LogP contribution in [0.25, 0.3) is 11.4 Å². The largest absolute Gasteiger partial charge is 0.341 e. The van der Waals surface area contributed by atoms with Gasteiger partial charge in [0.25, 0.3) is 5.91 Å². The van der Waals surface area contributed by atoms with Gasteiger partial charge in [-0.05, 0) is 38.1 Å². The fourth-order valence-corrected chi connectivity index (χ4v) is 2.43. The highest BCUT2D eigenvalue weighted by molar-refractivity contribution is 6.33. The van der Waals surface area contributed by atoms with Crippen LogP contribution in [0.2, 0.25) is 5.02 Å². The average Bonchev–Trinajstić information content (AvgIpc) is 3.05. The van der Waals surface area contributed by atoms with E-state index < -0.39 is 6.04 Å². The van der Waals surface area contributed by atoms with Gasteiger partial charge in [-0.25, -0.2) is 0 Å². The lowest BCUT2D eigenvalue weighted by molar-refractivity contribution is 0.0932. The van der Waals surface area contributed by atoms with Crippen molar-refractivity contribution in [1.29, 1.82) is 0 Å². The summed E-state index contributed by atoms with van der Waals surface area (Å²) in [6.07, 6.45) is 0. The van der Waals surface area contributed by atoms with Crippen molar-refractivity contribution in [3.8, 4) is 11.4 Å². The lowest BCUT2D eigenvalue weighted by Gasteiger charge is -2.09. The Balaban J connectivity index is 1.74. The standard InChI is InChI=1S/C18H16ClN3O2/c1-11-7-9-13(10-8-11)17(23)20-12(2)18-21-16(22-24-18)14-5-3-4-6-15(14)19/h3-10,12H,1-2H3,(H,20,23)/t12-/m0/s1. The van der Waals surface area contributed by atoms with Crippen LogP contribution in [0, 0.1) is 6.92 Å². The first kappa shape index (κ1) is 16.2. The van der Waals surface area contributed by atoms with Crippen molar-refractivity contribution >= 4 is 17.5 Å². The smallest absolute Gasteiger partial charge is 0.251 e. The number of benzene rings is 2. The van der Waals surface area contributed by atoms with Crippen LogP contribution >= 0.6 is 11.6 Å². The zero-order chi connectivity index (χ0) is 17.1. The first-order chi connectivity index (χ1) is 11.5. The zero-order valence-electron chi connectivity index (χ0n) is 13.3. The summed E-state index contributed by atoms with van der Waals surface area (Å²) in [6.45, 7) is 3.76. The summed E-state index contributed by atoms with van der Waals surface area (Å²) < 4.78 is 5.26. The summed E-state index contributed by atoms with van der Waals surface area (Å²) in [6, 6.07) is 14.2. The molecule has 0 saturated carbocycles. The second-order valence-corrected chi connectivity index (χ2v) is 5.90. The van der Waals surface area contributed by atoms with E-state index >= 15 is 0 Å². The molecule has 2 aromatic carbocycles. The van der Waals surface area contributed by atoms with E-state index in [4.69, 9.17) is 16.1 Å². The molecule has 1 amide bonds. The molecule has 24 heavy (non-hydrogen) atoms. The number of hydrogen-bond acceptors (Lipinski definition) is 4. The molecule has 1 atom stereocenters. The molecule has 3 aromatic rings. The van der Waals surface area contributed by atoms with Crippen LogP contribution in [-0.4, -0.2) is 16.0 Å². The summed E-state index contributed by atoms with van der Waals surface area (Å²) >= 11 is 6.13. The van der Waals surface area contributed by atoms with Crippen LogP contribution in [0.3, 0.4) is 0 Å². The molecule has 0 saturated heterocycles. The third kappa shape index (κ3) is 3.46. The molecule has 122 valence electrons. The molecule has 5 nitrogen and oxygen atoms in total. The topological polar surface area (TPSA) is 68.0 Å². The van der Waals surface area contributed by atoms with E-state index in [1.165, 1.54) is 0 Å². The molecule has 0 spiro atoms. The summed E-state index contributed by atoms with van der Waals surface area (Å²) in [5, 5.41) is 7.32. The molecule has 0 aliphatic heterocycles. The Morgan fingerprint density at radius 2 is 1.88 bits per heavy atom. The van der Waals surface area contributed by atoms with E-state index in [-0.39, 0.29) is 5.91 Å². The molecule has 0 bridgehead atoms. The van der Waals surface area contributed by atoms with E-state index in [0.717, 1.165) is 5.56 Å². The number of nitrogens with one attached hydrogen (secondary N) is 1. The van der Waals surface area contributed by atoms with Gasteiger partial charge in [-0.15, -0.1) is 0 Å². The number of halogens is 1. The van der Waals surface area contributed by atoms with Gasteiger partial charge in [0.2, 0.25) is 11.7 Å². The summed E-state index contributed by atoms with van der Waals surface area (Å²) in [5.41, 5.74) is 2.37. The molecule has 6 heteroatoms. The van der Waals surface area contributed by atoms with Crippen LogP contribution in [0.4, 0.5) is 0 Å². The molecule has 0 unspecified atom stereocenters. The minimum absolute atomic E-state index is 0.194. The fourth-order valence-electron chi connectivity index (χ4n) is 2.21. The maximum atomic E-state index is 12.2. The highest BCUT2D eigenvalue weighted by Crippen LogP contribution is 2.26. The Morgan fingerprint density at radius 1 is 1.17 bits per heavy atom. The van der Waals surface area contributed by atoms with Gasteiger partial charge in [-0.1, -0.05) is 46.6 Å². The molecule has 3 rings (SSSR count). The second kappa shape index (κ2) is 6.84. The monoisotopic (exact) mass is 341 g/mol. The number of hydrogen-bond donors (Lipinski definition) is 1. The fraction of sp³-hybridized carbons (Fsp3) is 0.167. The second-order valence-electron chi connectivity index (χ2n) is 5.50. The predicted octanol–water partition coefficient (Wildman–Crippen LogP) is 4.19. The van der Waals surface area contributed by atoms with Crippen molar-refractivity contribution in [1.82, 2.24) is 15.5 Å². The number of nitrogens with zero attached hydrogens (tertiary/aromatic N) is 2. The van der Waals surface area contributed by atoms with Crippen LogP contribution in [0.15, 0.2) is 53.1 Å². The molecule has 0 aliphatic rings.